The van der Waals surface area contributed by atoms with Crippen LogP contribution in [0.15, 0.2) is 24.3 Å². The van der Waals surface area contributed by atoms with Gasteiger partial charge in [0, 0.05) is 24.7 Å². The molecule has 1 aromatic carbocycles. The summed E-state index contributed by atoms with van der Waals surface area (Å²) in [5.41, 5.74) is 1.20. The topological polar surface area (TPSA) is 69.7 Å². The first-order valence-electron chi connectivity index (χ1n) is 9.10. The van der Waals surface area contributed by atoms with Gasteiger partial charge in [0.15, 0.2) is 0 Å². The smallest absolute Gasteiger partial charge is 0.251 e. The molecule has 1 unspecified atom stereocenters. The fourth-order valence-corrected chi connectivity index (χ4v) is 5.15. The number of rotatable bonds is 5. The number of benzene rings is 1. The van der Waals surface area contributed by atoms with Gasteiger partial charge in [-0.05, 0) is 70.0 Å². The molecule has 1 atom stereocenters. The fourth-order valence-electron chi connectivity index (χ4n) is 3.51. The number of nitrogens with zero attached hydrogens (tertiary/aromatic N) is 2. The van der Waals surface area contributed by atoms with Crippen LogP contribution in [0.5, 0.6) is 0 Å². The van der Waals surface area contributed by atoms with Crippen molar-refractivity contribution in [3.63, 3.8) is 0 Å². The molecular formula is C18H27N3O3S. The largest absolute Gasteiger partial charge is 0.350 e. The van der Waals surface area contributed by atoms with Gasteiger partial charge in [-0.1, -0.05) is 0 Å². The second kappa shape index (κ2) is 7.74. The lowest BCUT2D eigenvalue weighted by Gasteiger charge is -2.28. The van der Waals surface area contributed by atoms with E-state index in [0.717, 1.165) is 19.5 Å². The number of sulfonamides is 1. The monoisotopic (exact) mass is 365 g/mol. The maximum Gasteiger partial charge on any atom is 0.251 e. The highest BCUT2D eigenvalue weighted by atomic mass is 32.2. The molecule has 1 N–H and O–H groups in total. The molecular weight excluding hydrogens is 338 g/mol. The second-order valence-electron chi connectivity index (χ2n) is 6.94. The van der Waals surface area contributed by atoms with E-state index in [9.17, 15) is 13.2 Å². The van der Waals surface area contributed by atoms with Crippen LogP contribution in [0.25, 0.3) is 0 Å². The molecule has 2 fully saturated rings. The molecule has 0 spiro atoms. The molecule has 1 aromatic rings. The summed E-state index contributed by atoms with van der Waals surface area (Å²) in [6.45, 7) is 5.49. The van der Waals surface area contributed by atoms with Crippen LogP contribution in [0.1, 0.15) is 43.0 Å². The van der Waals surface area contributed by atoms with E-state index in [2.05, 4.69) is 17.1 Å². The van der Waals surface area contributed by atoms with Crippen molar-refractivity contribution in [1.29, 1.82) is 0 Å². The number of nitrogens with one attached hydrogen (secondary N) is 1. The summed E-state index contributed by atoms with van der Waals surface area (Å²) < 4.78 is 25.7. The maximum absolute atomic E-state index is 12.3. The molecule has 3 rings (SSSR count). The Morgan fingerprint density at radius 1 is 1.08 bits per heavy atom. The SMILES string of the molecule is CC(CNC(=O)c1ccc(N2CCCCS2(=O)=O)cc1)N1CCCC1. The van der Waals surface area contributed by atoms with Gasteiger partial charge in [-0.3, -0.25) is 14.0 Å². The summed E-state index contributed by atoms with van der Waals surface area (Å²) in [6.07, 6.45) is 4.06. The van der Waals surface area contributed by atoms with Gasteiger partial charge < -0.3 is 5.32 Å². The van der Waals surface area contributed by atoms with Crippen LogP contribution < -0.4 is 9.62 Å². The highest BCUT2D eigenvalue weighted by Gasteiger charge is 2.26. The van der Waals surface area contributed by atoms with E-state index in [1.165, 1.54) is 17.1 Å². The third kappa shape index (κ3) is 4.33. The van der Waals surface area contributed by atoms with E-state index in [-0.39, 0.29) is 11.7 Å². The lowest BCUT2D eigenvalue weighted by atomic mass is 10.2. The van der Waals surface area contributed by atoms with E-state index in [1.807, 2.05) is 0 Å². The molecule has 1 amide bonds. The van der Waals surface area contributed by atoms with Crippen molar-refractivity contribution in [2.24, 2.45) is 0 Å². The predicted molar refractivity (Wildman–Crippen MR) is 99.4 cm³/mol. The van der Waals surface area contributed by atoms with Crippen LogP contribution in [0.3, 0.4) is 0 Å². The van der Waals surface area contributed by atoms with Crippen LogP contribution in [0, 0.1) is 0 Å². The molecule has 2 heterocycles. The molecule has 2 aliphatic rings. The van der Waals surface area contributed by atoms with Gasteiger partial charge in [0.25, 0.3) is 5.91 Å². The highest BCUT2D eigenvalue weighted by molar-refractivity contribution is 7.92. The molecule has 0 bridgehead atoms. The Morgan fingerprint density at radius 2 is 1.72 bits per heavy atom. The zero-order chi connectivity index (χ0) is 17.9. The average Bonchev–Trinajstić information content (AvgIpc) is 3.14. The summed E-state index contributed by atoms with van der Waals surface area (Å²) in [4.78, 5) is 14.7. The third-order valence-corrected chi connectivity index (χ3v) is 6.96. The van der Waals surface area contributed by atoms with E-state index >= 15 is 0 Å². The molecule has 0 aromatic heterocycles. The van der Waals surface area contributed by atoms with E-state index in [1.54, 1.807) is 24.3 Å². The highest BCUT2D eigenvalue weighted by Crippen LogP contribution is 2.23. The quantitative estimate of drug-likeness (QED) is 0.864. The first-order chi connectivity index (χ1) is 12.0. The molecule has 2 saturated heterocycles. The molecule has 6 nitrogen and oxygen atoms in total. The van der Waals surface area contributed by atoms with Crippen LogP contribution >= 0.6 is 0 Å². The second-order valence-corrected chi connectivity index (χ2v) is 8.96. The number of hydrogen-bond donors (Lipinski definition) is 1. The summed E-state index contributed by atoms with van der Waals surface area (Å²) in [7, 11) is -3.21. The van der Waals surface area contributed by atoms with Crippen LogP contribution in [-0.4, -0.2) is 57.2 Å². The normalized spacial score (nSPS) is 21.9. The summed E-state index contributed by atoms with van der Waals surface area (Å²) >= 11 is 0. The Bertz CT molecular complexity index is 697. The van der Waals surface area contributed by atoms with Crippen molar-refractivity contribution >= 4 is 21.6 Å². The number of hydrogen-bond acceptors (Lipinski definition) is 4. The number of carbonyl (C=O) groups is 1. The minimum absolute atomic E-state index is 0.112. The van der Waals surface area contributed by atoms with Gasteiger partial charge in [-0.2, -0.15) is 0 Å². The molecule has 25 heavy (non-hydrogen) atoms. The van der Waals surface area contributed by atoms with Crippen molar-refractivity contribution < 1.29 is 13.2 Å². The van der Waals surface area contributed by atoms with Crippen LogP contribution in [0.2, 0.25) is 0 Å². The number of amides is 1. The first-order valence-corrected chi connectivity index (χ1v) is 10.7. The Balaban J connectivity index is 1.58. The molecule has 0 saturated carbocycles. The maximum atomic E-state index is 12.3. The molecule has 0 aliphatic carbocycles. The van der Waals surface area contributed by atoms with E-state index in [4.69, 9.17) is 0 Å². The zero-order valence-electron chi connectivity index (χ0n) is 14.8. The zero-order valence-corrected chi connectivity index (χ0v) is 15.6. The minimum atomic E-state index is -3.21. The van der Waals surface area contributed by atoms with Crippen molar-refractivity contribution in [3.8, 4) is 0 Å². The third-order valence-electron chi connectivity index (χ3n) is 5.09. The Kier molecular flexibility index (Phi) is 5.64. The molecule has 0 radical (unpaired) electrons. The van der Waals surface area contributed by atoms with Crippen LogP contribution in [0.4, 0.5) is 5.69 Å². The van der Waals surface area contributed by atoms with Gasteiger partial charge >= 0.3 is 0 Å². The average molecular weight is 365 g/mol. The number of anilines is 1. The van der Waals surface area contributed by atoms with Gasteiger partial charge in [-0.25, -0.2) is 8.42 Å². The fraction of sp³-hybridized carbons (Fsp3) is 0.611. The predicted octanol–water partition coefficient (Wildman–Crippen LogP) is 1.83. The lowest BCUT2D eigenvalue weighted by Crippen LogP contribution is -2.40. The van der Waals surface area contributed by atoms with Crippen molar-refractivity contribution in [1.82, 2.24) is 10.2 Å². The summed E-state index contributed by atoms with van der Waals surface area (Å²) in [6, 6.07) is 7.19. The lowest BCUT2D eigenvalue weighted by molar-refractivity contribution is 0.0940. The molecule has 138 valence electrons. The number of likely N-dealkylation sites (tertiary alicyclic amines) is 1. The standard InChI is InChI=1S/C18H27N3O3S/c1-15(20-10-2-3-11-20)14-19-18(22)16-6-8-17(9-7-16)21-12-4-5-13-25(21,23)24/h6-9,15H,2-5,10-14H2,1H3,(H,19,22). The van der Waals surface area contributed by atoms with E-state index in [0.29, 0.717) is 36.8 Å². The first kappa shape index (κ1) is 18.2. The number of carbonyl (C=O) groups excluding carboxylic acids is 1. The van der Waals surface area contributed by atoms with Gasteiger partial charge in [0.05, 0.1) is 11.4 Å². The molecule has 2 aliphatic heterocycles. The van der Waals surface area contributed by atoms with Gasteiger partial charge in [0.2, 0.25) is 10.0 Å². The Labute approximate surface area is 150 Å². The minimum Gasteiger partial charge on any atom is -0.350 e. The summed E-state index contributed by atoms with van der Waals surface area (Å²) in [5.74, 6) is 0.0861. The van der Waals surface area contributed by atoms with Crippen molar-refractivity contribution in [2.75, 3.05) is 36.2 Å². The van der Waals surface area contributed by atoms with E-state index < -0.39 is 10.0 Å². The van der Waals surface area contributed by atoms with Crippen molar-refractivity contribution in [3.05, 3.63) is 29.8 Å². The van der Waals surface area contributed by atoms with Gasteiger partial charge in [-0.15, -0.1) is 0 Å². The Morgan fingerprint density at radius 3 is 2.36 bits per heavy atom. The molecule has 7 heteroatoms. The Hall–Kier alpha value is -1.60. The summed E-state index contributed by atoms with van der Waals surface area (Å²) in [5, 5.41) is 2.98. The van der Waals surface area contributed by atoms with Crippen LogP contribution in [-0.2, 0) is 10.0 Å². The van der Waals surface area contributed by atoms with Gasteiger partial charge in [0.1, 0.15) is 0 Å². The van der Waals surface area contributed by atoms with Crippen molar-refractivity contribution in [2.45, 2.75) is 38.6 Å².